The van der Waals surface area contributed by atoms with Crippen LogP contribution in [0.25, 0.3) is 21.5 Å². The molecule has 0 spiro atoms. The first-order valence-corrected chi connectivity index (χ1v) is 10.2. The average molecular weight is 387 g/mol. The molecule has 0 aliphatic heterocycles. The smallest absolute Gasteiger partial charge is 0.259 e. The lowest BCUT2D eigenvalue weighted by Gasteiger charge is -2.20. The van der Waals surface area contributed by atoms with Crippen molar-refractivity contribution in [1.29, 1.82) is 0 Å². The van der Waals surface area contributed by atoms with Gasteiger partial charge in [-0.3, -0.25) is 9.59 Å². The number of fused-ring (bicyclic) bond motifs is 2. The number of nitrogens with one attached hydrogen (secondary N) is 2. The zero-order chi connectivity index (χ0) is 20.1. The van der Waals surface area contributed by atoms with Crippen LogP contribution in [0.2, 0.25) is 0 Å². The van der Waals surface area contributed by atoms with Gasteiger partial charge in [0, 0.05) is 11.5 Å². The van der Waals surface area contributed by atoms with Gasteiger partial charge < -0.3 is 5.32 Å². The van der Waals surface area contributed by atoms with Crippen molar-refractivity contribution in [1.82, 2.24) is 10.7 Å². The standard InChI is InChI=1S/C24H25N3O2/c28-23(16-25-24(29)17-8-2-1-3-9-17)27-26-15-22-20-12-6-4-10-18(20)14-19-11-5-7-13-21(19)22/h4-7,10-15,17H,1-3,8-9,16H2,(H,25,29)(H,27,28). The van der Waals surface area contributed by atoms with E-state index in [4.69, 9.17) is 0 Å². The van der Waals surface area contributed by atoms with Gasteiger partial charge in [0.25, 0.3) is 5.91 Å². The number of benzene rings is 3. The molecule has 1 fully saturated rings. The molecule has 0 radical (unpaired) electrons. The molecule has 5 nitrogen and oxygen atoms in total. The van der Waals surface area contributed by atoms with E-state index in [0.717, 1.165) is 52.8 Å². The number of hydrazone groups is 1. The molecule has 29 heavy (non-hydrogen) atoms. The van der Waals surface area contributed by atoms with Crippen molar-refractivity contribution in [2.24, 2.45) is 11.0 Å². The summed E-state index contributed by atoms with van der Waals surface area (Å²) in [5.41, 5.74) is 3.50. The zero-order valence-corrected chi connectivity index (χ0v) is 16.4. The maximum Gasteiger partial charge on any atom is 0.259 e. The van der Waals surface area contributed by atoms with Gasteiger partial charge in [-0.2, -0.15) is 5.10 Å². The molecule has 0 atom stereocenters. The Morgan fingerprint density at radius 3 is 2.21 bits per heavy atom. The molecular formula is C24H25N3O2. The molecule has 4 rings (SSSR count). The monoisotopic (exact) mass is 387 g/mol. The van der Waals surface area contributed by atoms with Crippen LogP contribution in [0, 0.1) is 5.92 Å². The van der Waals surface area contributed by atoms with E-state index in [0.29, 0.717) is 0 Å². The fraction of sp³-hybridized carbons (Fsp3) is 0.292. The second kappa shape index (κ2) is 8.86. The summed E-state index contributed by atoms with van der Waals surface area (Å²) >= 11 is 0. The number of rotatable bonds is 5. The number of carbonyl (C=O) groups excluding carboxylic acids is 2. The number of hydrogen-bond donors (Lipinski definition) is 2. The molecule has 0 unspecified atom stereocenters. The SMILES string of the molecule is O=C(CNC(=O)C1CCCCC1)NN=Cc1c2ccccc2cc2ccccc12. The second-order valence-electron chi connectivity index (χ2n) is 7.58. The first kappa shape index (κ1) is 19.1. The van der Waals surface area contributed by atoms with Gasteiger partial charge in [-0.25, -0.2) is 5.43 Å². The summed E-state index contributed by atoms with van der Waals surface area (Å²) < 4.78 is 0. The van der Waals surface area contributed by atoms with Crippen LogP contribution in [0.4, 0.5) is 0 Å². The Morgan fingerprint density at radius 1 is 0.931 bits per heavy atom. The van der Waals surface area contributed by atoms with Gasteiger partial charge in [0.15, 0.2) is 0 Å². The second-order valence-corrected chi connectivity index (χ2v) is 7.58. The maximum absolute atomic E-state index is 12.2. The van der Waals surface area contributed by atoms with Crippen LogP contribution in [0.15, 0.2) is 59.7 Å². The minimum absolute atomic E-state index is 0.0242. The van der Waals surface area contributed by atoms with E-state index in [2.05, 4.69) is 46.2 Å². The minimum Gasteiger partial charge on any atom is -0.347 e. The van der Waals surface area contributed by atoms with Crippen LogP contribution in [-0.4, -0.2) is 24.6 Å². The number of carbonyl (C=O) groups is 2. The lowest BCUT2D eigenvalue weighted by molar-refractivity contribution is -0.129. The normalized spacial score (nSPS) is 15.0. The van der Waals surface area contributed by atoms with Gasteiger partial charge >= 0.3 is 0 Å². The van der Waals surface area contributed by atoms with Crippen molar-refractivity contribution in [2.75, 3.05) is 6.54 Å². The van der Waals surface area contributed by atoms with E-state index in [-0.39, 0.29) is 24.3 Å². The van der Waals surface area contributed by atoms with E-state index in [1.54, 1.807) is 6.21 Å². The maximum atomic E-state index is 12.2. The van der Waals surface area contributed by atoms with Crippen molar-refractivity contribution in [2.45, 2.75) is 32.1 Å². The minimum atomic E-state index is -0.324. The van der Waals surface area contributed by atoms with Crippen LogP contribution < -0.4 is 10.7 Å². The number of nitrogens with zero attached hydrogens (tertiary/aromatic N) is 1. The molecule has 3 aromatic carbocycles. The molecule has 2 amide bonds. The van der Waals surface area contributed by atoms with Gasteiger partial charge in [-0.15, -0.1) is 0 Å². The van der Waals surface area contributed by atoms with Crippen LogP contribution in [-0.2, 0) is 9.59 Å². The highest BCUT2D eigenvalue weighted by molar-refractivity contribution is 6.13. The summed E-state index contributed by atoms with van der Waals surface area (Å²) in [6.45, 7) is -0.0526. The summed E-state index contributed by atoms with van der Waals surface area (Å²) in [4.78, 5) is 24.3. The molecule has 2 N–H and O–H groups in total. The van der Waals surface area contributed by atoms with Crippen LogP contribution >= 0.6 is 0 Å². The predicted molar refractivity (Wildman–Crippen MR) is 117 cm³/mol. The van der Waals surface area contributed by atoms with E-state index in [1.807, 2.05) is 24.3 Å². The average Bonchev–Trinajstić information content (AvgIpc) is 2.77. The molecule has 0 heterocycles. The largest absolute Gasteiger partial charge is 0.347 e. The molecule has 148 valence electrons. The first-order valence-electron chi connectivity index (χ1n) is 10.2. The highest BCUT2D eigenvalue weighted by Crippen LogP contribution is 2.27. The third kappa shape index (κ3) is 4.45. The summed E-state index contributed by atoms with van der Waals surface area (Å²) in [7, 11) is 0. The van der Waals surface area contributed by atoms with E-state index < -0.39 is 0 Å². The molecule has 1 saturated carbocycles. The Morgan fingerprint density at radius 2 is 1.55 bits per heavy atom. The Balaban J connectivity index is 1.44. The highest BCUT2D eigenvalue weighted by atomic mass is 16.2. The lowest BCUT2D eigenvalue weighted by atomic mass is 9.89. The molecule has 3 aromatic rings. The fourth-order valence-corrected chi connectivity index (χ4v) is 4.07. The van der Waals surface area contributed by atoms with Gasteiger partial charge in [0.05, 0.1) is 12.8 Å². The fourth-order valence-electron chi connectivity index (χ4n) is 4.07. The predicted octanol–water partition coefficient (Wildman–Crippen LogP) is 4.14. The van der Waals surface area contributed by atoms with Gasteiger partial charge in [-0.05, 0) is 40.5 Å². The highest BCUT2D eigenvalue weighted by Gasteiger charge is 2.21. The van der Waals surface area contributed by atoms with Crippen LogP contribution in [0.3, 0.4) is 0 Å². The third-order valence-corrected chi connectivity index (χ3v) is 5.59. The summed E-state index contributed by atoms with van der Waals surface area (Å²) in [5.74, 6) is -0.305. The van der Waals surface area contributed by atoms with Crippen LogP contribution in [0.1, 0.15) is 37.7 Å². The molecular weight excluding hydrogens is 362 g/mol. The van der Waals surface area contributed by atoms with Crippen molar-refractivity contribution < 1.29 is 9.59 Å². The van der Waals surface area contributed by atoms with Gasteiger partial charge in [-0.1, -0.05) is 67.8 Å². The molecule has 0 saturated heterocycles. The zero-order valence-electron chi connectivity index (χ0n) is 16.4. The molecule has 5 heteroatoms. The van der Waals surface area contributed by atoms with E-state index in [9.17, 15) is 9.59 Å². The summed E-state index contributed by atoms with van der Waals surface area (Å²) in [6, 6.07) is 18.4. The molecule has 0 aromatic heterocycles. The van der Waals surface area contributed by atoms with Gasteiger partial charge in [0.1, 0.15) is 0 Å². The van der Waals surface area contributed by atoms with Crippen molar-refractivity contribution in [3.05, 3.63) is 60.2 Å². The Hall–Kier alpha value is -3.21. The summed E-state index contributed by atoms with van der Waals surface area (Å²) in [5, 5.41) is 11.3. The number of hydrogen-bond acceptors (Lipinski definition) is 3. The van der Waals surface area contributed by atoms with E-state index >= 15 is 0 Å². The third-order valence-electron chi connectivity index (χ3n) is 5.59. The van der Waals surface area contributed by atoms with E-state index in [1.165, 1.54) is 6.42 Å². The quantitative estimate of drug-likeness (QED) is 0.392. The van der Waals surface area contributed by atoms with Crippen molar-refractivity contribution in [3.63, 3.8) is 0 Å². The summed E-state index contributed by atoms with van der Waals surface area (Å²) in [6.07, 6.45) is 6.90. The topological polar surface area (TPSA) is 70.6 Å². The van der Waals surface area contributed by atoms with Crippen LogP contribution in [0.5, 0.6) is 0 Å². The molecule has 1 aliphatic carbocycles. The molecule has 0 bridgehead atoms. The Labute approximate surface area is 170 Å². The Bertz CT molecular complexity index is 1010. The lowest BCUT2D eigenvalue weighted by Crippen LogP contribution is -2.38. The first-order chi connectivity index (χ1) is 14.2. The van der Waals surface area contributed by atoms with Gasteiger partial charge in [0.2, 0.25) is 5.91 Å². The van der Waals surface area contributed by atoms with Crippen molar-refractivity contribution >= 4 is 39.6 Å². The number of amides is 2. The van der Waals surface area contributed by atoms with Crippen molar-refractivity contribution in [3.8, 4) is 0 Å². The Kier molecular flexibility index (Phi) is 5.84. The molecule has 1 aliphatic rings.